The molecule has 0 aliphatic rings. The van der Waals surface area contributed by atoms with Crippen LogP contribution in [0.4, 0.5) is 4.39 Å². The Kier molecular flexibility index (Phi) is 3.47. The molecule has 1 rings (SSSR count). The zero-order valence-corrected chi connectivity index (χ0v) is 8.50. The smallest absolute Gasteiger partial charge is 0.165 e. The predicted octanol–water partition coefficient (Wildman–Crippen LogP) is 2.58. The third kappa shape index (κ3) is 2.70. The highest BCUT2D eigenvalue weighted by Crippen LogP contribution is 2.23. The summed E-state index contributed by atoms with van der Waals surface area (Å²) < 4.78 is 13.0. The molecule has 3 N–H and O–H groups in total. The number of halogens is 1. The van der Waals surface area contributed by atoms with E-state index >= 15 is 0 Å². The third-order valence-electron chi connectivity index (χ3n) is 2.13. The maximum Gasteiger partial charge on any atom is 0.165 e. The van der Waals surface area contributed by atoms with Crippen LogP contribution < -0.4 is 5.73 Å². The second kappa shape index (κ2) is 4.42. The maximum absolute atomic E-state index is 13.0. The van der Waals surface area contributed by atoms with E-state index in [4.69, 9.17) is 10.8 Å². The summed E-state index contributed by atoms with van der Waals surface area (Å²) in [6.45, 7) is 4.13. The van der Waals surface area contributed by atoms with Crippen molar-refractivity contribution in [2.75, 3.05) is 0 Å². The summed E-state index contributed by atoms with van der Waals surface area (Å²) >= 11 is 0. The summed E-state index contributed by atoms with van der Waals surface area (Å²) in [5.41, 5.74) is 6.60. The van der Waals surface area contributed by atoms with E-state index in [9.17, 15) is 4.39 Å². The Morgan fingerprint density at radius 3 is 2.57 bits per heavy atom. The molecule has 0 amide bonds. The largest absolute Gasteiger partial charge is 0.505 e. The van der Waals surface area contributed by atoms with E-state index in [1.807, 2.05) is 0 Å². The molecule has 1 atom stereocenters. The fraction of sp³-hybridized carbons (Fsp3) is 0.455. The monoisotopic (exact) mass is 197 g/mol. The normalized spacial score (nSPS) is 13.2. The Morgan fingerprint density at radius 1 is 1.43 bits per heavy atom. The van der Waals surface area contributed by atoms with Crippen LogP contribution in [-0.2, 0) is 0 Å². The van der Waals surface area contributed by atoms with Gasteiger partial charge >= 0.3 is 0 Å². The zero-order chi connectivity index (χ0) is 10.7. The Bertz CT molecular complexity index is 312. The number of hydrogen-bond donors (Lipinski definition) is 2. The molecule has 2 nitrogen and oxygen atoms in total. The van der Waals surface area contributed by atoms with Crippen LogP contribution in [0.15, 0.2) is 18.2 Å². The lowest BCUT2D eigenvalue weighted by molar-refractivity contribution is 0.430. The van der Waals surface area contributed by atoms with Crippen molar-refractivity contribution < 1.29 is 9.50 Å². The van der Waals surface area contributed by atoms with Crippen LogP contribution in [0.2, 0.25) is 0 Å². The average Bonchev–Trinajstić information content (AvgIpc) is 2.08. The molecule has 0 spiro atoms. The van der Waals surface area contributed by atoms with Crippen molar-refractivity contribution in [1.29, 1.82) is 0 Å². The standard InChI is InChI=1S/C11H16FNO/c1-7(2)5-10(13)8-3-4-11(14)9(12)6-8/h3-4,6-7,10,14H,5,13H2,1-2H3/t10-/m1/s1. The molecule has 0 bridgehead atoms. The molecule has 0 aromatic heterocycles. The van der Waals surface area contributed by atoms with Gasteiger partial charge in [-0.25, -0.2) is 4.39 Å². The summed E-state index contributed by atoms with van der Waals surface area (Å²) in [5.74, 6) is -0.464. The molecule has 0 radical (unpaired) electrons. The maximum atomic E-state index is 13.0. The predicted molar refractivity (Wildman–Crippen MR) is 54.4 cm³/mol. The fourth-order valence-electron chi connectivity index (χ4n) is 1.40. The Morgan fingerprint density at radius 2 is 2.07 bits per heavy atom. The number of rotatable bonds is 3. The van der Waals surface area contributed by atoms with Gasteiger partial charge in [-0.15, -0.1) is 0 Å². The van der Waals surface area contributed by atoms with Crippen LogP contribution in [0, 0.1) is 11.7 Å². The minimum atomic E-state index is -0.610. The van der Waals surface area contributed by atoms with Crippen LogP contribution in [0.5, 0.6) is 5.75 Å². The highest BCUT2D eigenvalue weighted by atomic mass is 19.1. The molecule has 0 aliphatic carbocycles. The molecule has 0 saturated carbocycles. The molecule has 78 valence electrons. The second-order valence-electron chi connectivity index (χ2n) is 3.95. The zero-order valence-electron chi connectivity index (χ0n) is 8.50. The first kappa shape index (κ1) is 11.0. The van der Waals surface area contributed by atoms with Gasteiger partial charge < -0.3 is 10.8 Å². The van der Waals surface area contributed by atoms with Gasteiger partial charge in [0.15, 0.2) is 11.6 Å². The first-order valence-corrected chi connectivity index (χ1v) is 4.74. The number of benzene rings is 1. The van der Waals surface area contributed by atoms with Gasteiger partial charge in [-0.2, -0.15) is 0 Å². The van der Waals surface area contributed by atoms with Crippen molar-refractivity contribution in [2.24, 2.45) is 11.7 Å². The van der Waals surface area contributed by atoms with E-state index in [1.165, 1.54) is 12.1 Å². The summed E-state index contributed by atoms with van der Waals surface area (Å²) in [4.78, 5) is 0. The van der Waals surface area contributed by atoms with Gasteiger partial charge in [0.2, 0.25) is 0 Å². The summed E-state index contributed by atoms with van der Waals surface area (Å²) in [6.07, 6.45) is 0.810. The molecule has 0 heterocycles. The number of phenols is 1. The van der Waals surface area contributed by atoms with Gasteiger partial charge in [0.05, 0.1) is 0 Å². The Hall–Kier alpha value is -1.09. The van der Waals surface area contributed by atoms with Crippen molar-refractivity contribution in [3.8, 4) is 5.75 Å². The first-order valence-electron chi connectivity index (χ1n) is 4.74. The molecule has 1 aromatic carbocycles. The van der Waals surface area contributed by atoms with E-state index in [0.29, 0.717) is 5.92 Å². The van der Waals surface area contributed by atoms with E-state index in [1.54, 1.807) is 6.07 Å². The van der Waals surface area contributed by atoms with Gasteiger partial charge in [0.1, 0.15) is 0 Å². The minimum absolute atomic E-state index is 0.162. The van der Waals surface area contributed by atoms with Gasteiger partial charge in [0, 0.05) is 6.04 Å². The van der Waals surface area contributed by atoms with E-state index in [0.717, 1.165) is 12.0 Å². The van der Waals surface area contributed by atoms with Crippen LogP contribution >= 0.6 is 0 Å². The first-order chi connectivity index (χ1) is 6.50. The lowest BCUT2D eigenvalue weighted by Crippen LogP contribution is -2.12. The van der Waals surface area contributed by atoms with E-state index in [-0.39, 0.29) is 11.8 Å². The molecule has 0 saturated heterocycles. The lowest BCUT2D eigenvalue weighted by atomic mass is 9.98. The van der Waals surface area contributed by atoms with E-state index in [2.05, 4.69) is 13.8 Å². The summed E-state index contributed by atoms with van der Waals surface area (Å²) in [7, 11) is 0. The Labute approximate surface area is 83.6 Å². The molecular formula is C11H16FNO. The topological polar surface area (TPSA) is 46.2 Å². The fourth-order valence-corrected chi connectivity index (χ4v) is 1.40. The van der Waals surface area contributed by atoms with Crippen LogP contribution in [0.1, 0.15) is 31.9 Å². The highest BCUT2D eigenvalue weighted by Gasteiger charge is 2.10. The number of aromatic hydroxyl groups is 1. The van der Waals surface area contributed by atoms with E-state index < -0.39 is 5.82 Å². The third-order valence-corrected chi connectivity index (χ3v) is 2.13. The minimum Gasteiger partial charge on any atom is -0.505 e. The van der Waals surface area contributed by atoms with Crippen LogP contribution in [0.3, 0.4) is 0 Å². The van der Waals surface area contributed by atoms with Crippen molar-refractivity contribution in [1.82, 2.24) is 0 Å². The quantitative estimate of drug-likeness (QED) is 0.782. The molecule has 3 heteroatoms. The molecule has 14 heavy (non-hydrogen) atoms. The second-order valence-corrected chi connectivity index (χ2v) is 3.95. The van der Waals surface area contributed by atoms with Gasteiger partial charge in [-0.3, -0.25) is 0 Å². The number of nitrogens with two attached hydrogens (primary N) is 1. The van der Waals surface area contributed by atoms with Crippen molar-refractivity contribution in [3.63, 3.8) is 0 Å². The molecule has 0 unspecified atom stereocenters. The molecule has 1 aromatic rings. The average molecular weight is 197 g/mol. The van der Waals surface area contributed by atoms with Crippen LogP contribution in [0.25, 0.3) is 0 Å². The highest BCUT2D eigenvalue weighted by molar-refractivity contribution is 5.29. The Balaban J connectivity index is 2.80. The van der Waals surface area contributed by atoms with Crippen LogP contribution in [-0.4, -0.2) is 5.11 Å². The molecular weight excluding hydrogens is 181 g/mol. The number of hydrogen-bond acceptors (Lipinski definition) is 2. The molecule has 0 fully saturated rings. The van der Waals surface area contributed by atoms with Gasteiger partial charge in [0.25, 0.3) is 0 Å². The summed E-state index contributed by atoms with van der Waals surface area (Å²) in [5, 5.41) is 8.99. The summed E-state index contributed by atoms with van der Waals surface area (Å²) in [6, 6.07) is 4.13. The number of phenolic OH excluding ortho intramolecular Hbond substituents is 1. The van der Waals surface area contributed by atoms with Crippen molar-refractivity contribution in [3.05, 3.63) is 29.6 Å². The lowest BCUT2D eigenvalue weighted by Gasteiger charge is -2.14. The molecule has 0 aliphatic heterocycles. The SMILES string of the molecule is CC(C)C[C@@H](N)c1ccc(O)c(F)c1. The van der Waals surface area contributed by atoms with Crippen molar-refractivity contribution >= 4 is 0 Å². The van der Waals surface area contributed by atoms with Gasteiger partial charge in [-0.1, -0.05) is 19.9 Å². The van der Waals surface area contributed by atoms with Crippen molar-refractivity contribution in [2.45, 2.75) is 26.3 Å². The van der Waals surface area contributed by atoms with Gasteiger partial charge in [-0.05, 0) is 30.0 Å².